The Balaban J connectivity index is 1.35. The predicted octanol–water partition coefficient (Wildman–Crippen LogP) is 7.63. The second kappa shape index (κ2) is 27.9. The molecule has 3 aromatic carbocycles. The Labute approximate surface area is 347 Å². The molecule has 1 aliphatic heterocycles. The molecule has 0 aliphatic carbocycles. The summed E-state index contributed by atoms with van der Waals surface area (Å²) in [5.41, 5.74) is 2.74. The zero-order valence-corrected chi connectivity index (χ0v) is 35.0. The molecular formula is C48H69N2O8-. The van der Waals surface area contributed by atoms with Gasteiger partial charge in [-0.2, -0.15) is 0 Å². The number of nitrogens with one attached hydrogen (secondary N) is 1. The fourth-order valence-corrected chi connectivity index (χ4v) is 7.52. The summed E-state index contributed by atoms with van der Waals surface area (Å²) < 4.78 is 25.2. The molecule has 6 atom stereocenters. The lowest BCUT2D eigenvalue weighted by atomic mass is 9.94. The SMILES string of the molecule is CCCCCCCCCCCCCCCCNC(=O)C(O)CN(C(C)=O)[C@@H]1[C@@H](OCc2ccccc2)[C@H](OCc2ccccc2)[C@@H](COCc2ccccc2)O[C@@H]1[O-]. The van der Waals surface area contributed by atoms with Crippen molar-refractivity contribution in [3.63, 3.8) is 0 Å². The summed E-state index contributed by atoms with van der Waals surface area (Å²) in [5, 5.41) is 28.0. The van der Waals surface area contributed by atoms with Crippen molar-refractivity contribution >= 4 is 11.8 Å². The maximum atomic E-state index is 14.1. The highest BCUT2D eigenvalue weighted by Crippen LogP contribution is 2.30. The lowest BCUT2D eigenvalue weighted by Gasteiger charge is -2.52. The molecular weight excluding hydrogens is 733 g/mol. The van der Waals surface area contributed by atoms with Crippen LogP contribution in [0.3, 0.4) is 0 Å². The minimum Gasteiger partial charge on any atom is -0.829 e. The predicted molar refractivity (Wildman–Crippen MR) is 225 cm³/mol. The Morgan fingerprint density at radius 2 is 1.14 bits per heavy atom. The molecule has 1 saturated heterocycles. The van der Waals surface area contributed by atoms with E-state index in [2.05, 4.69) is 12.2 Å². The van der Waals surface area contributed by atoms with Gasteiger partial charge in [0, 0.05) is 19.8 Å². The van der Waals surface area contributed by atoms with Crippen LogP contribution in [0.25, 0.3) is 0 Å². The van der Waals surface area contributed by atoms with Crippen molar-refractivity contribution in [3.8, 4) is 0 Å². The van der Waals surface area contributed by atoms with Crippen molar-refractivity contribution in [2.75, 3.05) is 19.7 Å². The number of carbonyl (C=O) groups excluding carboxylic acids is 2. The molecule has 3 aromatic rings. The maximum absolute atomic E-state index is 14.1. The zero-order valence-electron chi connectivity index (χ0n) is 35.0. The first-order chi connectivity index (χ1) is 28.4. The van der Waals surface area contributed by atoms with Crippen LogP contribution in [0.4, 0.5) is 0 Å². The average molecular weight is 802 g/mol. The van der Waals surface area contributed by atoms with Crippen molar-refractivity contribution in [2.24, 2.45) is 0 Å². The summed E-state index contributed by atoms with van der Waals surface area (Å²) >= 11 is 0. The summed E-state index contributed by atoms with van der Waals surface area (Å²) in [6.07, 6.45) is 11.3. The van der Waals surface area contributed by atoms with E-state index in [0.29, 0.717) is 13.2 Å². The standard InChI is InChI=1S/C48H69N2O8/c1-3-4-5-6-7-8-9-10-11-12-13-14-15-25-32-49-47(53)42(52)33-50(38(2)51)44-46(57-36-41-30-23-18-24-31-41)45(56-35-40-28-21-17-22-29-40)43(58-48(44)54)37-55-34-39-26-19-16-20-27-39/h16-24,26-31,42-46,48,52H,3-15,25,32-37H2,1-2H3,(H,49,53)/q-1/t42?,43-,44-,45-,46-,48+/m1/s1. The molecule has 2 amide bonds. The van der Waals surface area contributed by atoms with Crippen molar-refractivity contribution in [1.29, 1.82) is 0 Å². The lowest BCUT2D eigenvalue weighted by molar-refractivity contribution is -0.527. The van der Waals surface area contributed by atoms with Crippen LogP contribution in [-0.2, 0) is 48.4 Å². The summed E-state index contributed by atoms with van der Waals surface area (Å²) in [6.45, 7) is 4.25. The third-order valence-electron chi connectivity index (χ3n) is 10.8. The Hall–Kier alpha value is -3.64. The molecule has 10 heteroatoms. The average Bonchev–Trinajstić information content (AvgIpc) is 3.24. The van der Waals surface area contributed by atoms with Gasteiger partial charge < -0.3 is 39.4 Å². The molecule has 0 bridgehead atoms. The number of rotatable bonds is 29. The molecule has 0 saturated carbocycles. The largest absolute Gasteiger partial charge is 0.829 e. The van der Waals surface area contributed by atoms with Crippen molar-refractivity contribution in [1.82, 2.24) is 10.2 Å². The summed E-state index contributed by atoms with van der Waals surface area (Å²) in [6, 6.07) is 27.6. The Morgan fingerprint density at radius 1 is 0.690 bits per heavy atom. The van der Waals surface area contributed by atoms with E-state index >= 15 is 0 Å². The Morgan fingerprint density at radius 3 is 1.62 bits per heavy atom. The van der Waals surface area contributed by atoms with Crippen LogP contribution in [0, 0.1) is 0 Å². The van der Waals surface area contributed by atoms with E-state index in [0.717, 1.165) is 36.0 Å². The third kappa shape index (κ3) is 17.3. The van der Waals surface area contributed by atoms with Crippen LogP contribution in [0.2, 0.25) is 0 Å². The summed E-state index contributed by atoms with van der Waals surface area (Å²) in [5.74, 6) is -1.09. The second-order valence-electron chi connectivity index (χ2n) is 15.6. The molecule has 4 rings (SSSR count). The number of amides is 2. The van der Waals surface area contributed by atoms with Crippen LogP contribution in [0.1, 0.15) is 120 Å². The minimum absolute atomic E-state index is 0.0371. The normalized spacial score (nSPS) is 19.8. The quantitative estimate of drug-likeness (QED) is 0.0686. The van der Waals surface area contributed by atoms with E-state index in [9.17, 15) is 19.8 Å². The second-order valence-corrected chi connectivity index (χ2v) is 15.6. The van der Waals surface area contributed by atoms with Gasteiger partial charge in [-0.1, -0.05) is 181 Å². The molecule has 0 radical (unpaired) electrons. The maximum Gasteiger partial charge on any atom is 0.250 e. The first-order valence-electron chi connectivity index (χ1n) is 21.8. The van der Waals surface area contributed by atoms with Crippen molar-refractivity contribution in [3.05, 3.63) is 108 Å². The molecule has 0 aromatic heterocycles. The number of carbonyl (C=O) groups is 2. The number of aliphatic hydroxyl groups excluding tert-OH is 1. The van der Waals surface area contributed by atoms with E-state index in [1.54, 1.807) is 0 Å². The van der Waals surface area contributed by atoms with E-state index in [1.807, 2.05) is 91.0 Å². The van der Waals surface area contributed by atoms with Gasteiger partial charge in [0.25, 0.3) is 5.91 Å². The van der Waals surface area contributed by atoms with Crippen molar-refractivity contribution in [2.45, 2.75) is 160 Å². The number of hydrogen-bond donors (Lipinski definition) is 2. The first kappa shape index (κ1) is 47.0. The highest BCUT2D eigenvalue weighted by atomic mass is 16.7. The Kier molecular flexibility index (Phi) is 22.7. The molecule has 1 unspecified atom stereocenters. The number of ether oxygens (including phenoxy) is 4. The fourth-order valence-electron chi connectivity index (χ4n) is 7.52. The highest BCUT2D eigenvalue weighted by molar-refractivity contribution is 5.82. The summed E-state index contributed by atoms with van der Waals surface area (Å²) in [4.78, 5) is 27.7. The van der Waals surface area contributed by atoms with Crippen LogP contribution in [0.15, 0.2) is 91.0 Å². The smallest absolute Gasteiger partial charge is 0.250 e. The fraction of sp³-hybridized carbons (Fsp3) is 0.583. The van der Waals surface area contributed by atoms with Gasteiger partial charge in [0.05, 0.1) is 39.0 Å². The number of nitrogens with zero attached hydrogens (tertiary/aromatic N) is 1. The molecule has 2 N–H and O–H groups in total. The van der Waals surface area contributed by atoms with Gasteiger partial charge >= 0.3 is 0 Å². The number of unbranched alkanes of at least 4 members (excludes halogenated alkanes) is 13. The molecule has 58 heavy (non-hydrogen) atoms. The lowest BCUT2D eigenvalue weighted by Crippen LogP contribution is -2.70. The van der Waals surface area contributed by atoms with Crippen LogP contribution < -0.4 is 10.4 Å². The van der Waals surface area contributed by atoms with Crippen LogP contribution >= 0.6 is 0 Å². The van der Waals surface area contributed by atoms with E-state index in [4.69, 9.17) is 18.9 Å². The molecule has 1 heterocycles. The van der Waals surface area contributed by atoms with Gasteiger partial charge in [-0.05, 0) is 23.1 Å². The van der Waals surface area contributed by atoms with Crippen molar-refractivity contribution < 1.29 is 38.7 Å². The summed E-state index contributed by atoms with van der Waals surface area (Å²) in [7, 11) is 0. The zero-order chi connectivity index (χ0) is 41.2. The molecule has 10 nitrogen and oxygen atoms in total. The first-order valence-corrected chi connectivity index (χ1v) is 21.8. The van der Waals surface area contributed by atoms with Gasteiger partial charge in [0.2, 0.25) is 5.91 Å². The van der Waals surface area contributed by atoms with Crippen LogP contribution in [-0.4, -0.2) is 78.3 Å². The van der Waals surface area contributed by atoms with Gasteiger partial charge in [-0.15, -0.1) is 0 Å². The van der Waals surface area contributed by atoms with Gasteiger partial charge in [0.1, 0.15) is 24.4 Å². The van der Waals surface area contributed by atoms with E-state index in [1.165, 1.54) is 82.5 Å². The Bertz CT molecular complexity index is 1510. The third-order valence-corrected chi connectivity index (χ3v) is 10.8. The number of hydrogen-bond acceptors (Lipinski definition) is 8. The monoisotopic (exact) mass is 802 g/mol. The van der Waals surface area contributed by atoms with Crippen LogP contribution in [0.5, 0.6) is 0 Å². The highest BCUT2D eigenvalue weighted by Gasteiger charge is 2.47. The number of benzene rings is 3. The van der Waals surface area contributed by atoms with Gasteiger partial charge in [0.15, 0.2) is 0 Å². The minimum atomic E-state index is -1.78. The molecule has 1 fully saturated rings. The van der Waals surface area contributed by atoms with E-state index < -0.39 is 55.1 Å². The van der Waals surface area contributed by atoms with Gasteiger partial charge in [-0.3, -0.25) is 9.59 Å². The van der Waals surface area contributed by atoms with Gasteiger partial charge in [-0.25, -0.2) is 0 Å². The molecule has 1 aliphatic rings. The molecule has 0 spiro atoms. The van der Waals surface area contributed by atoms with E-state index in [-0.39, 0.29) is 19.8 Å². The molecule has 320 valence electrons. The number of aliphatic hydroxyl groups is 1. The topological polar surface area (TPSA) is 130 Å².